The van der Waals surface area contributed by atoms with E-state index in [4.69, 9.17) is 5.41 Å². The smallest absolute Gasteiger partial charge is 0.192 e. The molecule has 0 spiro atoms. The lowest BCUT2D eigenvalue weighted by atomic mass is 10.1. The number of halogens is 1. The topological polar surface area (TPSA) is 47.9 Å². The fourth-order valence-corrected chi connectivity index (χ4v) is 2.50. The van der Waals surface area contributed by atoms with Crippen molar-refractivity contribution in [3.8, 4) is 0 Å². The van der Waals surface area contributed by atoms with Gasteiger partial charge in [-0.15, -0.1) is 0 Å². The van der Waals surface area contributed by atoms with Crippen LogP contribution in [0.5, 0.6) is 0 Å². The molecule has 2 rings (SSSR count). The number of benzene rings is 2. The zero-order valence-electron chi connectivity index (χ0n) is 12.1. The maximum absolute atomic E-state index is 7.97. The lowest BCUT2D eigenvalue weighted by molar-refractivity contribution is 0.852. The van der Waals surface area contributed by atoms with Gasteiger partial charge in [-0.3, -0.25) is 5.41 Å². The molecule has 0 aliphatic carbocycles. The molecule has 0 aliphatic rings. The van der Waals surface area contributed by atoms with E-state index in [1.165, 1.54) is 11.1 Å². The predicted octanol–water partition coefficient (Wildman–Crippen LogP) is 4.32. The Balaban J connectivity index is 1.84. The minimum Gasteiger partial charge on any atom is -0.355 e. The van der Waals surface area contributed by atoms with E-state index in [1.807, 2.05) is 30.3 Å². The zero-order valence-corrected chi connectivity index (χ0v) is 13.7. The number of anilines is 1. The van der Waals surface area contributed by atoms with Crippen molar-refractivity contribution in [2.75, 3.05) is 11.9 Å². The van der Waals surface area contributed by atoms with Crippen LogP contribution < -0.4 is 10.6 Å². The van der Waals surface area contributed by atoms with Crippen LogP contribution in [-0.4, -0.2) is 12.5 Å². The average Bonchev–Trinajstić information content (AvgIpc) is 2.53. The molecule has 0 bridgehead atoms. The molecule has 110 valence electrons. The number of rotatable bonds is 5. The Kier molecular flexibility index (Phi) is 5.81. The molecule has 0 saturated carbocycles. The van der Waals surface area contributed by atoms with Gasteiger partial charge in [0.1, 0.15) is 0 Å². The van der Waals surface area contributed by atoms with Crippen molar-refractivity contribution in [2.24, 2.45) is 0 Å². The van der Waals surface area contributed by atoms with E-state index in [2.05, 4.69) is 57.8 Å². The SMILES string of the molecule is CCc1cccc(NC(=N)NCC(Br)c2ccccc2)c1. The van der Waals surface area contributed by atoms with Gasteiger partial charge in [0.05, 0.1) is 4.83 Å². The molecule has 2 aromatic carbocycles. The van der Waals surface area contributed by atoms with Gasteiger partial charge >= 0.3 is 0 Å². The first-order valence-corrected chi connectivity index (χ1v) is 7.98. The van der Waals surface area contributed by atoms with Gasteiger partial charge in [0.2, 0.25) is 0 Å². The molecule has 2 aromatic rings. The molecular formula is C17H20BrN3. The molecule has 0 fully saturated rings. The standard InChI is InChI=1S/C17H20BrN3/c1-2-13-7-6-10-15(11-13)21-17(19)20-12-16(18)14-8-4-3-5-9-14/h3-11,16H,2,12H2,1H3,(H3,19,20,21). The highest BCUT2D eigenvalue weighted by Crippen LogP contribution is 2.21. The zero-order chi connectivity index (χ0) is 15.1. The average molecular weight is 346 g/mol. The minimum absolute atomic E-state index is 0.183. The van der Waals surface area contributed by atoms with Crippen LogP contribution in [0.15, 0.2) is 54.6 Å². The van der Waals surface area contributed by atoms with Gasteiger partial charge in [-0.25, -0.2) is 0 Å². The second-order valence-electron chi connectivity index (χ2n) is 4.81. The summed E-state index contributed by atoms with van der Waals surface area (Å²) in [6.07, 6.45) is 0.994. The van der Waals surface area contributed by atoms with Crippen molar-refractivity contribution in [3.63, 3.8) is 0 Å². The Morgan fingerprint density at radius 1 is 1.14 bits per heavy atom. The van der Waals surface area contributed by atoms with Gasteiger partial charge in [0, 0.05) is 12.2 Å². The Morgan fingerprint density at radius 3 is 2.62 bits per heavy atom. The van der Waals surface area contributed by atoms with Gasteiger partial charge in [-0.2, -0.15) is 0 Å². The third-order valence-electron chi connectivity index (χ3n) is 3.22. The van der Waals surface area contributed by atoms with Crippen LogP contribution in [0.3, 0.4) is 0 Å². The van der Waals surface area contributed by atoms with Crippen LogP contribution in [0.25, 0.3) is 0 Å². The highest BCUT2D eigenvalue weighted by atomic mass is 79.9. The number of nitrogens with one attached hydrogen (secondary N) is 3. The van der Waals surface area contributed by atoms with E-state index in [0.29, 0.717) is 12.5 Å². The molecule has 1 atom stereocenters. The molecule has 0 amide bonds. The molecule has 0 aromatic heterocycles. The first-order valence-electron chi connectivity index (χ1n) is 7.06. The van der Waals surface area contributed by atoms with Gasteiger partial charge < -0.3 is 10.6 Å². The number of aryl methyl sites for hydroxylation is 1. The molecular weight excluding hydrogens is 326 g/mol. The van der Waals surface area contributed by atoms with Crippen molar-refractivity contribution in [2.45, 2.75) is 18.2 Å². The predicted molar refractivity (Wildman–Crippen MR) is 93.3 cm³/mol. The third-order valence-corrected chi connectivity index (χ3v) is 4.08. The summed E-state index contributed by atoms with van der Waals surface area (Å²) in [6.45, 7) is 2.78. The Hall–Kier alpha value is -1.81. The molecule has 21 heavy (non-hydrogen) atoms. The summed E-state index contributed by atoms with van der Waals surface area (Å²) in [6, 6.07) is 18.3. The Morgan fingerprint density at radius 2 is 1.90 bits per heavy atom. The largest absolute Gasteiger partial charge is 0.355 e. The Bertz CT molecular complexity index is 584. The molecule has 4 heteroatoms. The quantitative estimate of drug-likeness (QED) is 0.429. The summed E-state index contributed by atoms with van der Waals surface area (Å²) in [5.74, 6) is 0.309. The van der Waals surface area contributed by atoms with E-state index in [-0.39, 0.29) is 4.83 Å². The van der Waals surface area contributed by atoms with Crippen molar-refractivity contribution >= 4 is 27.6 Å². The van der Waals surface area contributed by atoms with E-state index in [0.717, 1.165) is 12.1 Å². The Labute approximate surface area is 134 Å². The summed E-state index contributed by atoms with van der Waals surface area (Å²) in [7, 11) is 0. The second-order valence-corrected chi connectivity index (χ2v) is 5.92. The molecule has 3 nitrogen and oxygen atoms in total. The van der Waals surface area contributed by atoms with Crippen molar-refractivity contribution < 1.29 is 0 Å². The maximum Gasteiger partial charge on any atom is 0.192 e. The number of guanidine groups is 1. The molecule has 1 unspecified atom stereocenters. The van der Waals surface area contributed by atoms with Crippen molar-refractivity contribution in [1.82, 2.24) is 5.32 Å². The van der Waals surface area contributed by atoms with Gasteiger partial charge in [-0.05, 0) is 29.7 Å². The maximum atomic E-state index is 7.97. The first-order chi connectivity index (χ1) is 10.2. The number of hydrogen-bond donors (Lipinski definition) is 3. The number of alkyl halides is 1. The lowest BCUT2D eigenvalue weighted by Crippen LogP contribution is -2.31. The van der Waals surface area contributed by atoms with Crippen LogP contribution in [-0.2, 0) is 6.42 Å². The summed E-state index contributed by atoms with van der Waals surface area (Å²) >= 11 is 3.64. The van der Waals surface area contributed by atoms with Crippen molar-refractivity contribution in [3.05, 3.63) is 65.7 Å². The summed E-state index contributed by atoms with van der Waals surface area (Å²) in [5.41, 5.74) is 3.40. The normalized spacial score (nSPS) is 11.7. The van der Waals surface area contributed by atoms with E-state index in [1.54, 1.807) is 0 Å². The highest BCUT2D eigenvalue weighted by Gasteiger charge is 2.07. The molecule has 0 radical (unpaired) electrons. The van der Waals surface area contributed by atoms with E-state index >= 15 is 0 Å². The van der Waals surface area contributed by atoms with E-state index < -0.39 is 0 Å². The summed E-state index contributed by atoms with van der Waals surface area (Å²) in [4.78, 5) is 0.183. The molecule has 3 N–H and O–H groups in total. The van der Waals surface area contributed by atoms with Crippen molar-refractivity contribution in [1.29, 1.82) is 5.41 Å². The first kappa shape index (κ1) is 15.6. The van der Waals surface area contributed by atoms with Crippen LogP contribution in [0.2, 0.25) is 0 Å². The highest BCUT2D eigenvalue weighted by molar-refractivity contribution is 9.09. The fraction of sp³-hybridized carbons (Fsp3) is 0.235. The lowest BCUT2D eigenvalue weighted by Gasteiger charge is -2.14. The summed E-state index contributed by atoms with van der Waals surface area (Å²) in [5, 5.41) is 14.1. The monoisotopic (exact) mass is 345 g/mol. The van der Waals surface area contributed by atoms with Gasteiger partial charge in [0.25, 0.3) is 0 Å². The van der Waals surface area contributed by atoms with E-state index in [9.17, 15) is 0 Å². The molecule has 0 saturated heterocycles. The van der Waals surface area contributed by atoms with Crippen LogP contribution >= 0.6 is 15.9 Å². The van der Waals surface area contributed by atoms with Crippen LogP contribution in [0, 0.1) is 5.41 Å². The minimum atomic E-state index is 0.183. The fourth-order valence-electron chi connectivity index (χ4n) is 2.03. The van der Waals surface area contributed by atoms with Crippen LogP contribution in [0.1, 0.15) is 22.9 Å². The third kappa shape index (κ3) is 4.90. The van der Waals surface area contributed by atoms with Gasteiger partial charge in [0.15, 0.2) is 5.96 Å². The van der Waals surface area contributed by atoms with Gasteiger partial charge in [-0.1, -0.05) is 65.3 Å². The second kappa shape index (κ2) is 7.84. The van der Waals surface area contributed by atoms with Crippen LogP contribution in [0.4, 0.5) is 5.69 Å². The summed E-state index contributed by atoms with van der Waals surface area (Å²) < 4.78 is 0. The molecule has 0 heterocycles. The molecule has 0 aliphatic heterocycles. The number of hydrogen-bond acceptors (Lipinski definition) is 1.